The molecule has 0 spiro atoms. The van der Waals surface area contributed by atoms with Gasteiger partial charge in [0, 0.05) is 51.0 Å². The van der Waals surface area contributed by atoms with Gasteiger partial charge in [-0.3, -0.25) is 4.79 Å². The average molecular weight is 402 g/mol. The molecule has 0 aliphatic carbocycles. The molecule has 0 N–H and O–H groups in total. The molecule has 0 atom stereocenters. The highest BCUT2D eigenvalue weighted by molar-refractivity contribution is 7.08. The van der Waals surface area contributed by atoms with Gasteiger partial charge in [0.2, 0.25) is 5.95 Å². The van der Waals surface area contributed by atoms with Gasteiger partial charge in [0.05, 0.1) is 5.69 Å². The third-order valence-electron chi connectivity index (χ3n) is 5.35. The molecule has 2 saturated heterocycles. The van der Waals surface area contributed by atoms with E-state index < -0.39 is 0 Å². The van der Waals surface area contributed by atoms with Gasteiger partial charge in [-0.2, -0.15) is 4.98 Å². The van der Waals surface area contributed by atoms with Crippen LogP contribution in [0.3, 0.4) is 0 Å². The number of amides is 1. The highest BCUT2D eigenvalue weighted by Crippen LogP contribution is 2.23. The standard InChI is InChI=1S/C19H27N7OS/c1-3-6-15-17(28-23-22-15)18(27)25-9-11-26(12-10-25)19-20-14(2)13-16(21-19)24-7-4-5-8-24/h13H,3-12H2,1-2H3. The molecule has 28 heavy (non-hydrogen) atoms. The van der Waals surface area contributed by atoms with Gasteiger partial charge in [-0.1, -0.05) is 17.8 Å². The predicted molar refractivity (Wildman–Crippen MR) is 110 cm³/mol. The fourth-order valence-corrected chi connectivity index (χ4v) is 4.49. The zero-order valence-electron chi connectivity index (χ0n) is 16.6. The average Bonchev–Trinajstić information content (AvgIpc) is 3.40. The highest BCUT2D eigenvalue weighted by atomic mass is 32.1. The third-order valence-corrected chi connectivity index (χ3v) is 6.10. The Kier molecular flexibility index (Phi) is 5.70. The van der Waals surface area contributed by atoms with Gasteiger partial charge < -0.3 is 14.7 Å². The predicted octanol–water partition coefficient (Wildman–Crippen LogP) is 2.15. The van der Waals surface area contributed by atoms with E-state index in [-0.39, 0.29) is 5.91 Å². The minimum absolute atomic E-state index is 0.0565. The van der Waals surface area contributed by atoms with Crippen molar-refractivity contribution in [3.63, 3.8) is 0 Å². The Labute approximate surface area is 169 Å². The van der Waals surface area contributed by atoms with E-state index in [1.54, 1.807) is 0 Å². The van der Waals surface area contributed by atoms with Crippen molar-refractivity contribution in [3.8, 4) is 0 Å². The lowest BCUT2D eigenvalue weighted by Crippen LogP contribution is -2.49. The van der Waals surface area contributed by atoms with Gasteiger partial charge in [-0.05, 0) is 37.7 Å². The number of aromatic nitrogens is 4. The summed E-state index contributed by atoms with van der Waals surface area (Å²) in [7, 11) is 0. The minimum Gasteiger partial charge on any atom is -0.356 e. The zero-order valence-corrected chi connectivity index (χ0v) is 17.4. The zero-order chi connectivity index (χ0) is 19.5. The van der Waals surface area contributed by atoms with Gasteiger partial charge in [0.1, 0.15) is 10.7 Å². The lowest BCUT2D eigenvalue weighted by Gasteiger charge is -2.35. The van der Waals surface area contributed by atoms with Gasteiger partial charge in [-0.25, -0.2) is 4.98 Å². The quantitative estimate of drug-likeness (QED) is 0.759. The molecule has 0 aromatic carbocycles. The van der Waals surface area contributed by atoms with Crippen LogP contribution in [0.25, 0.3) is 0 Å². The highest BCUT2D eigenvalue weighted by Gasteiger charge is 2.27. The first kappa shape index (κ1) is 19.0. The van der Waals surface area contributed by atoms with E-state index in [1.807, 2.05) is 11.8 Å². The Morgan fingerprint density at radius 3 is 2.54 bits per heavy atom. The lowest BCUT2D eigenvalue weighted by molar-refractivity contribution is 0.0749. The van der Waals surface area contributed by atoms with Gasteiger partial charge >= 0.3 is 0 Å². The van der Waals surface area contributed by atoms with Crippen molar-refractivity contribution in [2.75, 3.05) is 49.1 Å². The Balaban J connectivity index is 1.42. The van der Waals surface area contributed by atoms with Crippen LogP contribution in [0.15, 0.2) is 6.07 Å². The van der Waals surface area contributed by atoms with Crippen LogP contribution in [-0.4, -0.2) is 69.6 Å². The first-order chi connectivity index (χ1) is 13.7. The van der Waals surface area contributed by atoms with Crippen molar-refractivity contribution in [1.29, 1.82) is 0 Å². The Morgan fingerprint density at radius 2 is 1.82 bits per heavy atom. The van der Waals surface area contributed by atoms with Crippen LogP contribution in [0.1, 0.15) is 47.2 Å². The molecule has 0 radical (unpaired) electrons. The molecular formula is C19H27N7OS. The molecule has 1 amide bonds. The van der Waals surface area contributed by atoms with E-state index in [4.69, 9.17) is 4.98 Å². The van der Waals surface area contributed by atoms with Crippen molar-refractivity contribution < 1.29 is 4.79 Å². The maximum Gasteiger partial charge on any atom is 0.267 e. The van der Waals surface area contributed by atoms with E-state index in [2.05, 4.69) is 37.4 Å². The van der Waals surface area contributed by atoms with Crippen LogP contribution >= 0.6 is 11.5 Å². The number of aryl methyl sites for hydroxylation is 2. The SMILES string of the molecule is CCCc1nnsc1C(=O)N1CCN(c2nc(C)cc(N3CCCC3)n2)CC1. The summed E-state index contributed by atoms with van der Waals surface area (Å²) in [6, 6.07) is 2.07. The Morgan fingerprint density at radius 1 is 1.07 bits per heavy atom. The summed E-state index contributed by atoms with van der Waals surface area (Å²) in [5, 5.41) is 4.13. The summed E-state index contributed by atoms with van der Waals surface area (Å²) in [5.74, 6) is 1.86. The second-order valence-electron chi connectivity index (χ2n) is 7.44. The van der Waals surface area contributed by atoms with Gasteiger partial charge in [-0.15, -0.1) is 5.10 Å². The smallest absolute Gasteiger partial charge is 0.267 e. The van der Waals surface area contributed by atoms with E-state index in [0.29, 0.717) is 18.0 Å². The maximum absolute atomic E-state index is 12.9. The Hall–Kier alpha value is -2.29. The first-order valence-corrected chi connectivity index (χ1v) is 10.9. The normalized spacial score (nSPS) is 17.4. The fraction of sp³-hybridized carbons (Fsp3) is 0.632. The molecule has 2 aliphatic heterocycles. The molecule has 8 nitrogen and oxygen atoms in total. The van der Waals surface area contributed by atoms with Crippen molar-refractivity contribution >= 4 is 29.2 Å². The van der Waals surface area contributed by atoms with E-state index in [1.165, 1.54) is 24.4 Å². The first-order valence-electron chi connectivity index (χ1n) is 10.1. The van der Waals surface area contributed by atoms with Crippen molar-refractivity contribution in [3.05, 3.63) is 22.3 Å². The summed E-state index contributed by atoms with van der Waals surface area (Å²) in [6.07, 6.45) is 4.22. The number of rotatable bonds is 5. The van der Waals surface area contributed by atoms with Crippen LogP contribution in [0.2, 0.25) is 0 Å². The monoisotopic (exact) mass is 401 g/mol. The molecule has 2 aliphatic rings. The largest absolute Gasteiger partial charge is 0.356 e. The number of carbonyl (C=O) groups excluding carboxylic acids is 1. The van der Waals surface area contributed by atoms with Crippen LogP contribution in [0.5, 0.6) is 0 Å². The maximum atomic E-state index is 12.9. The Bertz CT molecular complexity index is 825. The van der Waals surface area contributed by atoms with Crippen molar-refractivity contribution in [2.45, 2.75) is 39.5 Å². The molecule has 0 bridgehead atoms. The molecule has 0 saturated carbocycles. The molecule has 2 fully saturated rings. The molecule has 4 rings (SSSR count). The summed E-state index contributed by atoms with van der Waals surface area (Å²) >= 11 is 1.21. The fourth-order valence-electron chi connectivity index (χ4n) is 3.81. The number of anilines is 2. The summed E-state index contributed by atoms with van der Waals surface area (Å²) in [4.78, 5) is 29.5. The molecule has 0 unspecified atom stereocenters. The van der Waals surface area contributed by atoms with Crippen LogP contribution in [0, 0.1) is 6.92 Å². The van der Waals surface area contributed by atoms with Gasteiger partial charge in [0.15, 0.2) is 0 Å². The van der Waals surface area contributed by atoms with E-state index in [0.717, 1.165) is 62.2 Å². The molecule has 4 heterocycles. The summed E-state index contributed by atoms with van der Waals surface area (Å²) in [5.41, 5.74) is 1.82. The van der Waals surface area contributed by atoms with Crippen molar-refractivity contribution in [1.82, 2.24) is 24.5 Å². The number of carbonyl (C=O) groups is 1. The van der Waals surface area contributed by atoms with Gasteiger partial charge in [0.25, 0.3) is 5.91 Å². The molecule has 150 valence electrons. The number of hydrogen-bond donors (Lipinski definition) is 0. The van der Waals surface area contributed by atoms with Crippen LogP contribution < -0.4 is 9.80 Å². The summed E-state index contributed by atoms with van der Waals surface area (Å²) < 4.78 is 3.99. The number of hydrogen-bond acceptors (Lipinski definition) is 8. The van der Waals surface area contributed by atoms with Crippen molar-refractivity contribution in [2.24, 2.45) is 0 Å². The summed E-state index contributed by atoms with van der Waals surface area (Å²) in [6.45, 7) is 9.06. The molecule has 2 aromatic heterocycles. The van der Waals surface area contributed by atoms with Crippen LogP contribution in [-0.2, 0) is 6.42 Å². The number of nitrogens with zero attached hydrogens (tertiary/aromatic N) is 7. The number of piperazine rings is 1. The third kappa shape index (κ3) is 3.94. The van der Waals surface area contributed by atoms with E-state index >= 15 is 0 Å². The molecular weight excluding hydrogens is 374 g/mol. The molecule has 2 aromatic rings. The minimum atomic E-state index is 0.0565. The topological polar surface area (TPSA) is 78.4 Å². The van der Waals surface area contributed by atoms with Crippen LogP contribution in [0.4, 0.5) is 11.8 Å². The van der Waals surface area contributed by atoms with E-state index in [9.17, 15) is 4.79 Å². The lowest BCUT2D eigenvalue weighted by atomic mass is 10.2. The second-order valence-corrected chi connectivity index (χ2v) is 8.19. The second kappa shape index (κ2) is 8.38. The molecule has 9 heteroatoms.